The number of hydrogen-bond acceptors (Lipinski definition) is 3. The molecule has 1 aliphatic rings. The number of aromatic nitrogens is 1. The number of halogens is 1. The summed E-state index contributed by atoms with van der Waals surface area (Å²) in [5, 5.41) is 0. The van der Waals surface area contributed by atoms with Gasteiger partial charge >= 0.3 is 0 Å². The van der Waals surface area contributed by atoms with E-state index in [-0.39, 0.29) is 30.1 Å². The number of H-pyrrole nitrogens is 1. The number of rotatable bonds is 4. The molecule has 1 amide bonds. The molecule has 1 aromatic heterocycles. The van der Waals surface area contributed by atoms with E-state index in [2.05, 4.69) is 11.9 Å². The first-order valence-corrected chi connectivity index (χ1v) is 7.64. The molecule has 0 saturated carbocycles. The fraction of sp³-hybridized carbons (Fsp3) is 0.625. The monoisotopic (exact) mass is 327 g/mol. The van der Waals surface area contributed by atoms with Gasteiger partial charge < -0.3 is 15.6 Å². The molecule has 0 bridgehead atoms. The average Bonchev–Trinajstić information content (AvgIpc) is 2.97. The van der Waals surface area contributed by atoms with Gasteiger partial charge in [-0.2, -0.15) is 0 Å². The lowest BCUT2D eigenvalue weighted by Crippen LogP contribution is -2.35. The van der Waals surface area contributed by atoms with E-state index in [0.29, 0.717) is 36.7 Å². The zero-order chi connectivity index (χ0) is 15.7. The number of hydrogen-bond donors (Lipinski definition) is 2. The van der Waals surface area contributed by atoms with Crippen LogP contribution in [0, 0.1) is 12.8 Å². The van der Waals surface area contributed by atoms with Crippen LogP contribution in [0.25, 0.3) is 0 Å². The minimum absolute atomic E-state index is 0. The molecule has 2 rings (SSSR count). The molecule has 124 valence electrons. The molecule has 3 N–H and O–H groups in total. The van der Waals surface area contributed by atoms with Gasteiger partial charge in [0.15, 0.2) is 5.78 Å². The summed E-state index contributed by atoms with van der Waals surface area (Å²) in [6, 6.07) is 0.195. The van der Waals surface area contributed by atoms with Crippen molar-refractivity contribution in [3.8, 4) is 0 Å². The molecule has 0 spiro atoms. The van der Waals surface area contributed by atoms with Crippen LogP contribution in [0.5, 0.6) is 0 Å². The van der Waals surface area contributed by atoms with Crippen molar-refractivity contribution in [1.82, 2.24) is 9.88 Å². The Bertz CT molecular complexity index is 568. The molecule has 1 aliphatic heterocycles. The summed E-state index contributed by atoms with van der Waals surface area (Å²) in [5.74, 6) is 0.372. The van der Waals surface area contributed by atoms with Gasteiger partial charge in [-0.15, -0.1) is 12.4 Å². The van der Waals surface area contributed by atoms with Gasteiger partial charge in [0.1, 0.15) is 5.69 Å². The number of carbonyl (C=O) groups is 2. The third-order valence-corrected chi connectivity index (χ3v) is 4.47. The molecular weight excluding hydrogens is 302 g/mol. The first-order valence-electron chi connectivity index (χ1n) is 7.64. The van der Waals surface area contributed by atoms with E-state index in [0.717, 1.165) is 17.7 Å². The van der Waals surface area contributed by atoms with Crippen molar-refractivity contribution in [1.29, 1.82) is 0 Å². The van der Waals surface area contributed by atoms with Gasteiger partial charge in [-0.05, 0) is 51.6 Å². The van der Waals surface area contributed by atoms with Gasteiger partial charge in [-0.25, -0.2) is 0 Å². The standard InChI is InChI=1S/C16H25N3O2.ClH/c1-5-13-14(11(4)20)10(3)18-15(13)16(21)19-8-12(7-17)6-9(19)2;/h9,12,18H,5-8,17H2,1-4H3;1H. The highest BCUT2D eigenvalue weighted by molar-refractivity contribution is 6.02. The second-order valence-corrected chi connectivity index (χ2v) is 6.03. The molecule has 22 heavy (non-hydrogen) atoms. The molecule has 1 aromatic rings. The molecule has 2 unspecified atom stereocenters. The first kappa shape index (κ1) is 18.7. The number of ketones is 1. The van der Waals surface area contributed by atoms with E-state index in [1.807, 2.05) is 18.7 Å². The minimum atomic E-state index is -0.00843. The Morgan fingerprint density at radius 2 is 2.05 bits per heavy atom. The maximum atomic E-state index is 12.8. The number of amides is 1. The Labute approximate surface area is 138 Å². The predicted molar refractivity (Wildman–Crippen MR) is 89.8 cm³/mol. The smallest absolute Gasteiger partial charge is 0.270 e. The van der Waals surface area contributed by atoms with Gasteiger partial charge in [0.25, 0.3) is 5.91 Å². The van der Waals surface area contributed by atoms with E-state index in [1.165, 1.54) is 0 Å². The van der Waals surface area contributed by atoms with Crippen molar-refractivity contribution in [3.63, 3.8) is 0 Å². The van der Waals surface area contributed by atoms with Crippen LogP contribution in [0.15, 0.2) is 0 Å². The Balaban J connectivity index is 0.00000242. The van der Waals surface area contributed by atoms with Crippen molar-refractivity contribution in [3.05, 3.63) is 22.5 Å². The Hall–Kier alpha value is -1.33. The lowest BCUT2D eigenvalue weighted by Gasteiger charge is -2.21. The maximum Gasteiger partial charge on any atom is 0.270 e. The van der Waals surface area contributed by atoms with Crippen molar-refractivity contribution in [2.45, 2.75) is 46.6 Å². The minimum Gasteiger partial charge on any atom is -0.354 e. The third kappa shape index (κ3) is 3.20. The lowest BCUT2D eigenvalue weighted by atomic mass is 10.0. The summed E-state index contributed by atoms with van der Waals surface area (Å²) < 4.78 is 0. The molecule has 5 nitrogen and oxygen atoms in total. The summed E-state index contributed by atoms with van der Waals surface area (Å²) in [6.45, 7) is 8.74. The summed E-state index contributed by atoms with van der Waals surface area (Å²) in [7, 11) is 0. The van der Waals surface area contributed by atoms with Crippen LogP contribution in [-0.4, -0.2) is 40.7 Å². The molecule has 1 fully saturated rings. The predicted octanol–water partition coefficient (Wildman–Crippen LogP) is 2.32. The van der Waals surface area contributed by atoms with Crippen LogP contribution in [0.1, 0.15) is 59.3 Å². The normalized spacial score (nSPS) is 20.9. The number of nitrogens with one attached hydrogen (secondary N) is 1. The molecule has 1 saturated heterocycles. The summed E-state index contributed by atoms with van der Waals surface area (Å²) >= 11 is 0. The molecule has 0 aromatic carbocycles. The molecule has 2 atom stereocenters. The van der Waals surface area contributed by atoms with Gasteiger partial charge in [0.05, 0.1) is 0 Å². The first-order chi connectivity index (χ1) is 9.90. The van der Waals surface area contributed by atoms with Crippen molar-refractivity contribution >= 4 is 24.1 Å². The van der Waals surface area contributed by atoms with Crippen LogP contribution < -0.4 is 5.73 Å². The second kappa shape index (κ2) is 7.29. The van der Waals surface area contributed by atoms with Crippen LogP contribution >= 0.6 is 12.4 Å². The van der Waals surface area contributed by atoms with Gasteiger partial charge in [-0.1, -0.05) is 6.92 Å². The van der Waals surface area contributed by atoms with Crippen molar-refractivity contribution in [2.24, 2.45) is 11.7 Å². The highest BCUT2D eigenvalue weighted by atomic mass is 35.5. The van der Waals surface area contributed by atoms with Crippen LogP contribution in [0.4, 0.5) is 0 Å². The van der Waals surface area contributed by atoms with Crippen molar-refractivity contribution in [2.75, 3.05) is 13.1 Å². The van der Waals surface area contributed by atoms with Crippen LogP contribution in [0.3, 0.4) is 0 Å². The zero-order valence-electron chi connectivity index (χ0n) is 13.7. The molecular formula is C16H26ClN3O2. The number of nitrogens with zero attached hydrogens (tertiary/aromatic N) is 1. The Morgan fingerprint density at radius 1 is 1.41 bits per heavy atom. The number of Topliss-reactive ketones (excluding diaryl/α,β-unsaturated/α-hetero) is 1. The van der Waals surface area contributed by atoms with Crippen LogP contribution in [0.2, 0.25) is 0 Å². The second-order valence-electron chi connectivity index (χ2n) is 6.03. The van der Waals surface area contributed by atoms with Crippen LogP contribution in [-0.2, 0) is 6.42 Å². The number of aryl methyl sites for hydroxylation is 1. The molecule has 0 radical (unpaired) electrons. The largest absolute Gasteiger partial charge is 0.354 e. The van der Waals surface area contributed by atoms with Crippen molar-refractivity contribution < 1.29 is 9.59 Å². The lowest BCUT2D eigenvalue weighted by molar-refractivity contribution is 0.0737. The van der Waals surface area contributed by atoms with E-state index in [9.17, 15) is 9.59 Å². The summed E-state index contributed by atoms with van der Waals surface area (Å²) in [6.07, 6.45) is 1.62. The maximum absolute atomic E-state index is 12.8. The number of aromatic amines is 1. The number of likely N-dealkylation sites (tertiary alicyclic amines) is 1. The van der Waals surface area contributed by atoms with E-state index in [4.69, 9.17) is 5.73 Å². The van der Waals surface area contributed by atoms with E-state index >= 15 is 0 Å². The number of nitrogens with two attached hydrogens (primary N) is 1. The SMILES string of the molecule is CCc1c(C(=O)N2CC(CN)CC2C)[nH]c(C)c1C(C)=O.Cl. The van der Waals surface area contributed by atoms with E-state index in [1.54, 1.807) is 6.92 Å². The van der Waals surface area contributed by atoms with Gasteiger partial charge in [0.2, 0.25) is 0 Å². The summed E-state index contributed by atoms with van der Waals surface area (Å²) in [4.78, 5) is 29.6. The molecule has 6 heteroatoms. The van der Waals surface area contributed by atoms with E-state index < -0.39 is 0 Å². The Kier molecular flexibility index (Phi) is 6.20. The number of carbonyl (C=O) groups excluding carboxylic acids is 2. The van der Waals surface area contributed by atoms with Gasteiger partial charge in [-0.3, -0.25) is 9.59 Å². The third-order valence-electron chi connectivity index (χ3n) is 4.47. The fourth-order valence-electron chi connectivity index (χ4n) is 3.43. The van der Waals surface area contributed by atoms with Gasteiger partial charge in [0, 0.05) is 23.8 Å². The fourth-order valence-corrected chi connectivity index (χ4v) is 3.43. The quantitative estimate of drug-likeness (QED) is 0.833. The highest BCUT2D eigenvalue weighted by Gasteiger charge is 2.34. The summed E-state index contributed by atoms with van der Waals surface area (Å²) in [5.41, 5.74) is 8.60. The zero-order valence-corrected chi connectivity index (χ0v) is 14.5. The topological polar surface area (TPSA) is 79.2 Å². The average molecular weight is 328 g/mol. The highest BCUT2D eigenvalue weighted by Crippen LogP contribution is 2.27. The Morgan fingerprint density at radius 3 is 2.50 bits per heavy atom. The molecule has 0 aliphatic carbocycles. The molecule has 2 heterocycles.